The summed E-state index contributed by atoms with van der Waals surface area (Å²) in [5.41, 5.74) is 7.21. The molecule has 92 valence electrons. The van der Waals surface area contributed by atoms with Crippen LogP contribution in [-0.2, 0) is 6.54 Å². The molecule has 1 fully saturated rings. The Morgan fingerprint density at radius 3 is 2.76 bits per heavy atom. The number of amides is 1. The maximum Gasteiger partial charge on any atom is 0.253 e. The number of benzene rings is 1. The predicted octanol–water partition coefficient (Wildman–Crippen LogP) is 0.742. The zero-order chi connectivity index (χ0) is 12.3. The van der Waals surface area contributed by atoms with Crippen molar-refractivity contribution in [2.24, 2.45) is 5.73 Å². The number of aliphatic hydroxyl groups excluding tert-OH is 1. The Kier molecular flexibility index (Phi) is 3.76. The van der Waals surface area contributed by atoms with E-state index in [4.69, 9.17) is 5.73 Å². The lowest BCUT2D eigenvalue weighted by Gasteiger charge is -2.29. The fraction of sp³-hybridized carbons (Fsp3) is 0.462. The highest BCUT2D eigenvalue weighted by Gasteiger charge is 2.22. The molecule has 2 rings (SSSR count). The molecule has 0 spiro atoms. The molecule has 1 heterocycles. The number of hydrogen-bond donors (Lipinski definition) is 2. The standard InChI is InChI=1S/C13H18N2O2/c14-9-10-2-1-3-11(8-10)13(17)15-6-4-12(16)5-7-15/h1-3,8,12,16H,4-7,9,14H2. The molecular formula is C13H18N2O2. The van der Waals surface area contributed by atoms with Gasteiger partial charge in [-0.15, -0.1) is 0 Å². The largest absolute Gasteiger partial charge is 0.393 e. The van der Waals surface area contributed by atoms with Crippen LogP contribution in [0, 0.1) is 0 Å². The van der Waals surface area contributed by atoms with Gasteiger partial charge in [0.1, 0.15) is 0 Å². The molecule has 0 aromatic heterocycles. The first-order valence-corrected chi connectivity index (χ1v) is 5.97. The predicted molar refractivity (Wildman–Crippen MR) is 65.5 cm³/mol. The molecule has 1 saturated heterocycles. The molecule has 1 aliphatic heterocycles. The molecule has 0 radical (unpaired) electrons. The van der Waals surface area contributed by atoms with E-state index >= 15 is 0 Å². The summed E-state index contributed by atoms with van der Waals surface area (Å²) in [4.78, 5) is 14.0. The van der Waals surface area contributed by atoms with Gasteiger partial charge >= 0.3 is 0 Å². The van der Waals surface area contributed by atoms with Crippen molar-refractivity contribution in [3.05, 3.63) is 35.4 Å². The van der Waals surface area contributed by atoms with E-state index in [0.29, 0.717) is 38.0 Å². The second kappa shape index (κ2) is 5.29. The van der Waals surface area contributed by atoms with Crippen molar-refractivity contribution in [2.45, 2.75) is 25.5 Å². The first-order chi connectivity index (χ1) is 8.20. The lowest BCUT2D eigenvalue weighted by Crippen LogP contribution is -2.40. The summed E-state index contributed by atoms with van der Waals surface area (Å²) < 4.78 is 0. The Hall–Kier alpha value is -1.39. The van der Waals surface area contributed by atoms with Crippen LogP contribution in [0.15, 0.2) is 24.3 Å². The molecule has 0 unspecified atom stereocenters. The summed E-state index contributed by atoms with van der Waals surface area (Å²) >= 11 is 0. The van der Waals surface area contributed by atoms with Crippen molar-refractivity contribution in [1.29, 1.82) is 0 Å². The minimum Gasteiger partial charge on any atom is -0.393 e. The molecule has 4 heteroatoms. The van der Waals surface area contributed by atoms with Gasteiger partial charge in [0.2, 0.25) is 0 Å². The fourth-order valence-electron chi connectivity index (χ4n) is 2.08. The number of aliphatic hydroxyl groups is 1. The van der Waals surface area contributed by atoms with Crippen LogP contribution in [0.3, 0.4) is 0 Å². The second-order valence-corrected chi connectivity index (χ2v) is 4.43. The number of carbonyl (C=O) groups excluding carboxylic acids is 1. The third-order valence-electron chi connectivity index (χ3n) is 3.16. The lowest BCUT2D eigenvalue weighted by molar-refractivity contribution is 0.0546. The third-order valence-corrected chi connectivity index (χ3v) is 3.16. The molecule has 3 N–H and O–H groups in total. The van der Waals surface area contributed by atoms with Gasteiger partial charge in [0, 0.05) is 25.2 Å². The topological polar surface area (TPSA) is 66.6 Å². The highest BCUT2D eigenvalue weighted by atomic mass is 16.3. The minimum atomic E-state index is -0.255. The molecule has 0 bridgehead atoms. The number of hydrogen-bond acceptors (Lipinski definition) is 3. The maximum absolute atomic E-state index is 12.2. The van der Waals surface area contributed by atoms with Crippen LogP contribution < -0.4 is 5.73 Å². The molecule has 0 saturated carbocycles. The van der Waals surface area contributed by atoms with Gasteiger partial charge in [-0.2, -0.15) is 0 Å². The average Bonchev–Trinajstić information content (AvgIpc) is 2.39. The first-order valence-electron chi connectivity index (χ1n) is 5.97. The number of nitrogens with two attached hydrogens (primary N) is 1. The van der Waals surface area contributed by atoms with E-state index in [1.165, 1.54) is 0 Å². The summed E-state index contributed by atoms with van der Waals surface area (Å²) in [6.45, 7) is 1.71. The minimum absolute atomic E-state index is 0.0344. The van der Waals surface area contributed by atoms with Gasteiger partial charge < -0.3 is 15.7 Å². The Balaban J connectivity index is 2.08. The molecule has 4 nitrogen and oxygen atoms in total. The van der Waals surface area contributed by atoms with E-state index in [2.05, 4.69) is 0 Å². The van der Waals surface area contributed by atoms with Crippen LogP contribution in [-0.4, -0.2) is 35.1 Å². The van der Waals surface area contributed by atoms with E-state index in [9.17, 15) is 9.90 Å². The van der Waals surface area contributed by atoms with Gasteiger partial charge in [-0.3, -0.25) is 4.79 Å². The average molecular weight is 234 g/mol. The van der Waals surface area contributed by atoms with Gasteiger partial charge in [-0.1, -0.05) is 12.1 Å². The lowest BCUT2D eigenvalue weighted by atomic mass is 10.1. The number of carbonyl (C=O) groups is 1. The van der Waals surface area contributed by atoms with Gasteiger partial charge in [-0.25, -0.2) is 0 Å². The summed E-state index contributed by atoms with van der Waals surface area (Å²) in [5.74, 6) is 0.0344. The van der Waals surface area contributed by atoms with Crippen molar-refractivity contribution >= 4 is 5.91 Å². The molecule has 1 amide bonds. The van der Waals surface area contributed by atoms with E-state index in [-0.39, 0.29) is 12.0 Å². The fourth-order valence-corrected chi connectivity index (χ4v) is 2.08. The zero-order valence-corrected chi connectivity index (χ0v) is 9.80. The first kappa shape index (κ1) is 12.1. The zero-order valence-electron chi connectivity index (χ0n) is 9.80. The van der Waals surface area contributed by atoms with Crippen LogP contribution in [0.1, 0.15) is 28.8 Å². The van der Waals surface area contributed by atoms with Crippen molar-refractivity contribution in [1.82, 2.24) is 4.90 Å². The SMILES string of the molecule is NCc1cccc(C(=O)N2CCC(O)CC2)c1. The normalized spacial score (nSPS) is 17.2. The van der Waals surface area contributed by atoms with Crippen LogP contribution in [0.5, 0.6) is 0 Å². The van der Waals surface area contributed by atoms with Gasteiger partial charge in [0.05, 0.1) is 6.10 Å². The van der Waals surface area contributed by atoms with E-state index in [0.717, 1.165) is 5.56 Å². The number of piperidine rings is 1. The summed E-state index contributed by atoms with van der Waals surface area (Å²) in [5, 5.41) is 9.41. The van der Waals surface area contributed by atoms with Gasteiger partial charge in [-0.05, 0) is 30.5 Å². The van der Waals surface area contributed by atoms with Crippen LogP contribution in [0.25, 0.3) is 0 Å². The number of rotatable bonds is 2. The second-order valence-electron chi connectivity index (χ2n) is 4.43. The van der Waals surface area contributed by atoms with Gasteiger partial charge in [0.25, 0.3) is 5.91 Å². The number of nitrogens with zero attached hydrogens (tertiary/aromatic N) is 1. The monoisotopic (exact) mass is 234 g/mol. The molecule has 0 aliphatic carbocycles. The highest BCUT2D eigenvalue weighted by Crippen LogP contribution is 2.14. The van der Waals surface area contributed by atoms with Crippen LogP contribution >= 0.6 is 0 Å². The molecule has 1 aromatic carbocycles. The van der Waals surface area contributed by atoms with Crippen molar-refractivity contribution in [3.8, 4) is 0 Å². The summed E-state index contributed by atoms with van der Waals surface area (Å²) in [6, 6.07) is 7.42. The number of likely N-dealkylation sites (tertiary alicyclic amines) is 1. The van der Waals surface area contributed by atoms with Crippen molar-refractivity contribution < 1.29 is 9.90 Å². The van der Waals surface area contributed by atoms with Crippen LogP contribution in [0.2, 0.25) is 0 Å². The maximum atomic E-state index is 12.2. The van der Waals surface area contributed by atoms with Gasteiger partial charge in [0.15, 0.2) is 0 Å². The third kappa shape index (κ3) is 2.84. The van der Waals surface area contributed by atoms with Crippen molar-refractivity contribution in [2.75, 3.05) is 13.1 Å². The summed E-state index contributed by atoms with van der Waals surface area (Å²) in [6.07, 6.45) is 1.08. The molecule has 1 aliphatic rings. The van der Waals surface area contributed by atoms with E-state index in [1.807, 2.05) is 24.3 Å². The quantitative estimate of drug-likeness (QED) is 0.793. The summed E-state index contributed by atoms with van der Waals surface area (Å²) in [7, 11) is 0. The molecule has 17 heavy (non-hydrogen) atoms. The van der Waals surface area contributed by atoms with E-state index in [1.54, 1.807) is 4.90 Å². The molecule has 1 aromatic rings. The highest BCUT2D eigenvalue weighted by molar-refractivity contribution is 5.94. The molecule has 0 atom stereocenters. The van der Waals surface area contributed by atoms with Crippen LogP contribution in [0.4, 0.5) is 0 Å². The Morgan fingerprint density at radius 2 is 2.12 bits per heavy atom. The van der Waals surface area contributed by atoms with E-state index < -0.39 is 0 Å². The smallest absolute Gasteiger partial charge is 0.253 e. The van der Waals surface area contributed by atoms with Crippen molar-refractivity contribution in [3.63, 3.8) is 0 Å². The Bertz CT molecular complexity index is 398. The Morgan fingerprint density at radius 1 is 1.41 bits per heavy atom. The Labute approximate surface area is 101 Å². The molecular weight excluding hydrogens is 216 g/mol.